The van der Waals surface area contributed by atoms with Gasteiger partial charge < -0.3 is 0 Å². The van der Waals surface area contributed by atoms with Crippen molar-refractivity contribution in [2.24, 2.45) is 0 Å². The van der Waals surface area contributed by atoms with E-state index in [-0.39, 0.29) is 102 Å². The smallest absolute Gasteiger partial charge is 0.316 e. The molecule has 21 valence electrons. The van der Waals surface area contributed by atoms with Crippen LogP contribution < -0.4 is 0 Å². The molecule has 0 aromatic carbocycles. The zero-order valence-electron chi connectivity index (χ0n) is 0.302. The van der Waals surface area contributed by atoms with Gasteiger partial charge in [-0.3, -0.25) is 0 Å². The monoisotopic (exact) mass is 183 g/mol. The zero-order chi connectivity index (χ0) is 0. The van der Waals surface area contributed by atoms with Gasteiger partial charge in [-0.2, -0.15) is 0 Å². The molecule has 0 bridgehead atoms. The van der Waals surface area contributed by atoms with E-state index in [0.717, 1.165) is 0 Å². The zero-order valence-corrected chi connectivity index (χ0v) is 1.78. The molecule has 0 aromatic heterocycles. The van der Waals surface area contributed by atoms with Gasteiger partial charge >= 0.3 is 79.7 Å². The molecule has 0 fully saturated rings. The minimum atomic E-state index is 0. The van der Waals surface area contributed by atoms with Crippen LogP contribution in [-0.4, -0.2) is 79.7 Å². The normalized spacial score (nSPS) is 0. The molecule has 0 rings (SSSR count). The summed E-state index contributed by atoms with van der Waals surface area (Å²) in [5.74, 6) is 0. The Morgan fingerprint density at radius 2 is 1.00 bits per heavy atom. The number of rotatable bonds is 0. The Labute approximate surface area is 99.7 Å². The van der Waals surface area contributed by atoms with E-state index in [0.29, 0.717) is 0 Å². The van der Waals surface area contributed by atoms with Crippen molar-refractivity contribution < 1.29 is 22.4 Å². The van der Waals surface area contributed by atoms with Gasteiger partial charge in [0.25, 0.3) is 0 Å². The Morgan fingerprint density at radius 1 is 1.00 bits per heavy atom. The van der Waals surface area contributed by atoms with E-state index in [9.17, 15) is 0 Å². The van der Waals surface area contributed by atoms with Gasteiger partial charge in [-0.05, 0) is 0 Å². The molecule has 0 nitrogen and oxygen atoms in total. The first-order valence-electron chi connectivity index (χ1n) is 0. The molecule has 0 unspecified atom stereocenters. The van der Waals surface area contributed by atoms with Gasteiger partial charge in [0, 0.05) is 22.4 Å². The summed E-state index contributed by atoms with van der Waals surface area (Å²) in [5, 5.41) is 0. The molecule has 4 heteroatoms. The van der Waals surface area contributed by atoms with Crippen molar-refractivity contribution in [1.82, 2.24) is 0 Å². The van der Waals surface area contributed by atoms with Gasteiger partial charge in [-0.25, -0.2) is 0 Å². The Kier molecular flexibility index (Phi) is 107. The van der Waals surface area contributed by atoms with Gasteiger partial charge in [0.1, 0.15) is 0 Å². The summed E-state index contributed by atoms with van der Waals surface area (Å²) in [5.41, 5.74) is 0. The molecule has 0 amide bonds. The minimum absolute atomic E-state index is 0. The first-order valence-corrected chi connectivity index (χ1v) is 0. The van der Waals surface area contributed by atoms with Crippen molar-refractivity contribution >= 4 is 79.7 Å². The van der Waals surface area contributed by atoms with Crippen molar-refractivity contribution in [2.75, 3.05) is 0 Å². The summed E-state index contributed by atoms with van der Waals surface area (Å²) in [4.78, 5) is 0. The Morgan fingerprint density at radius 3 is 1.00 bits per heavy atom. The van der Waals surface area contributed by atoms with Crippen LogP contribution in [0.3, 0.4) is 0 Å². The van der Waals surface area contributed by atoms with E-state index < -0.39 is 0 Å². The van der Waals surface area contributed by atoms with Crippen molar-refractivity contribution in [3.8, 4) is 0 Å². The molecule has 0 aliphatic carbocycles. The van der Waals surface area contributed by atoms with Crippen molar-refractivity contribution in [3.05, 3.63) is 0 Å². The molecule has 0 atom stereocenters. The van der Waals surface area contributed by atoms with Crippen LogP contribution in [0.4, 0.5) is 0 Å². The molecule has 0 aliphatic heterocycles. The first-order chi connectivity index (χ1) is 0. The summed E-state index contributed by atoms with van der Waals surface area (Å²) in [6, 6.07) is 0. The van der Waals surface area contributed by atoms with E-state index >= 15 is 0 Å². The maximum atomic E-state index is 0. The van der Waals surface area contributed by atoms with E-state index in [2.05, 4.69) is 0 Å². The van der Waals surface area contributed by atoms with Crippen LogP contribution in [0.5, 0.6) is 0 Å². The topological polar surface area (TPSA) is 0 Å². The second kappa shape index (κ2) is 16.2. The van der Waals surface area contributed by atoms with Gasteiger partial charge in [0.05, 0.1) is 0 Å². The van der Waals surface area contributed by atoms with Crippen LogP contribution in [0.25, 0.3) is 0 Å². The second-order valence-corrected chi connectivity index (χ2v) is 0. The van der Waals surface area contributed by atoms with Crippen LogP contribution in [-0.2, 0) is 22.4 Å². The molecule has 0 aliphatic rings. The molecule has 0 saturated carbocycles. The fourth-order valence-electron chi connectivity index (χ4n) is 0. The molecule has 0 N–H and O–H groups in total. The molecule has 0 heterocycles. The quantitative estimate of drug-likeness (QED) is 0.366. The third-order valence-corrected chi connectivity index (χ3v) is 0. The maximum absolute atomic E-state index is 0. The van der Waals surface area contributed by atoms with Gasteiger partial charge in [-0.15, -0.1) is 0 Å². The van der Waals surface area contributed by atoms with Gasteiger partial charge in [0.15, 0.2) is 0 Å². The largest absolute Gasteiger partial charge is 0.316 e. The van der Waals surface area contributed by atoms with Crippen LogP contribution >= 0.6 is 0 Å². The summed E-state index contributed by atoms with van der Waals surface area (Å²) in [6.07, 6.45) is 0. The van der Waals surface area contributed by atoms with E-state index in [1.54, 1.807) is 0 Å². The fraction of sp³-hybridized carbons (Fsp3) is 0. The third-order valence-electron chi connectivity index (χ3n) is 0. The Balaban J connectivity index is 0. The maximum Gasteiger partial charge on any atom is 0.316 e. The predicted octanol–water partition coefficient (Wildman–Crippen LogP) is -2.48. The van der Waals surface area contributed by atoms with Crippen molar-refractivity contribution in [2.45, 2.75) is 0 Å². The molecule has 1 radical (unpaired) electrons. The summed E-state index contributed by atoms with van der Waals surface area (Å²) in [6.45, 7) is 0. The predicted molar refractivity (Wildman–Crippen MR) is 24.2 cm³/mol. The Hall–Kier alpha value is 3.36. The number of hydrogen-bond acceptors (Lipinski definition) is 0. The third kappa shape index (κ3) is 9.03. The summed E-state index contributed by atoms with van der Waals surface area (Å²) in [7, 11) is 0. The average molecular weight is 184 g/mol. The van der Waals surface area contributed by atoms with E-state index in [1.165, 1.54) is 0 Å². The van der Waals surface area contributed by atoms with Crippen LogP contribution in [0.15, 0.2) is 0 Å². The molecule has 0 saturated heterocycles. The molecular formula is H5AgCaLiMg. The minimum Gasteiger partial charge on any atom is 0.316 e. The molecular weight excluding hydrogens is 179 g/mol. The Bertz CT molecular complexity index is 8.00. The summed E-state index contributed by atoms with van der Waals surface area (Å²) >= 11 is 0. The fourth-order valence-corrected chi connectivity index (χ4v) is 0. The van der Waals surface area contributed by atoms with Crippen molar-refractivity contribution in [1.29, 1.82) is 0 Å². The van der Waals surface area contributed by atoms with Crippen LogP contribution in [0, 0.1) is 0 Å². The van der Waals surface area contributed by atoms with Crippen molar-refractivity contribution in [3.63, 3.8) is 0 Å². The summed E-state index contributed by atoms with van der Waals surface area (Å²) < 4.78 is 0. The molecule has 0 spiro atoms. The average Bonchev–Trinajstić information content (AvgIpc) is 0. The number of hydrogen-bond donors (Lipinski definition) is 0. The van der Waals surface area contributed by atoms with Crippen LogP contribution in [0.1, 0.15) is 0 Å². The van der Waals surface area contributed by atoms with Gasteiger partial charge in [0.2, 0.25) is 0 Å². The van der Waals surface area contributed by atoms with E-state index in [4.69, 9.17) is 0 Å². The van der Waals surface area contributed by atoms with E-state index in [1.807, 2.05) is 0 Å². The SMILES string of the molecule is [Ag].[CaH2].[LiH].[MgH2]. The second-order valence-electron chi connectivity index (χ2n) is 0. The van der Waals surface area contributed by atoms with Crippen LogP contribution in [0.2, 0.25) is 0 Å². The van der Waals surface area contributed by atoms with Gasteiger partial charge in [-0.1, -0.05) is 0 Å². The first kappa shape index (κ1) is 26.4. The molecule has 4 heavy (non-hydrogen) atoms. The molecule has 0 aromatic rings. The standard InChI is InChI=1S/Ag.Ca.Li.Mg.5H.